The van der Waals surface area contributed by atoms with Crippen LogP contribution in [0.3, 0.4) is 0 Å². The van der Waals surface area contributed by atoms with Crippen molar-refractivity contribution >= 4 is 81.6 Å². The third-order valence-corrected chi connectivity index (χ3v) is 10.2. The van der Waals surface area contributed by atoms with Crippen LogP contribution >= 0.6 is 11.3 Å². The summed E-state index contributed by atoms with van der Waals surface area (Å²) in [6, 6.07) is 54.9. The highest BCUT2D eigenvalue weighted by atomic mass is 32.1. The first-order valence-corrected chi connectivity index (χ1v) is 16.8. The van der Waals surface area contributed by atoms with Crippen molar-refractivity contribution in [1.29, 1.82) is 0 Å². The Bertz CT molecular complexity index is 2780. The van der Waals surface area contributed by atoms with Gasteiger partial charge in [-0.3, -0.25) is 0 Å². The number of rotatable bonds is 5. The van der Waals surface area contributed by atoms with Gasteiger partial charge >= 0.3 is 0 Å². The minimum atomic E-state index is 0.572. The monoisotopic (exact) mass is 634 g/mol. The van der Waals surface area contributed by atoms with Crippen molar-refractivity contribution in [1.82, 2.24) is 4.98 Å². The van der Waals surface area contributed by atoms with Gasteiger partial charge in [0.25, 0.3) is 0 Å². The highest BCUT2D eigenvalue weighted by Gasteiger charge is 2.26. The maximum Gasteiger partial charge on any atom is 0.227 e. The Morgan fingerprint density at radius 3 is 1.92 bits per heavy atom. The molecule has 48 heavy (non-hydrogen) atoms. The molecular formula is C43H26N2O2S. The number of hydrogen-bond donors (Lipinski definition) is 0. The Hall–Kier alpha value is -6.17. The van der Waals surface area contributed by atoms with Gasteiger partial charge in [0.15, 0.2) is 5.58 Å². The second-order valence-electron chi connectivity index (χ2n) is 12.0. The molecule has 0 atom stereocenters. The largest absolute Gasteiger partial charge is 0.456 e. The third kappa shape index (κ3) is 4.25. The number of aromatic nitrogens is 1. The second-order valence-corrected chi connectivity index (χ2v) is 13.0. The fraction of sp³-hybridized carbons (Fsp3) is 0. The van der Waals surface area contributed by atoms with Crippen LogP contribution in [-0.4, -0.2) is 4.98 Å². The van der Waals surface area contributed by atoms with Crippen LogP contribution in [0.2, 0.25) is 0 Å². The Balaban J connectivity index is 1.29. The van der Waals surface area contributed by atoms with E-state index in [0.29, 0.717) is 11.5 Å². The number of thiophene rings is 1. The zero-order chi connectivity index (χ0) is 31.6. The van der Waals surface area contributed by atoms with Crippen molar-refractivity contribution in [2.24, 2.45) is 0 Å². The molecular weight excluding hydrogens is 609 g/mol. The summed E-state index contributed by atoms with van der Waals surface area (Å²) in [6.45, 7) is 0. The normalized spacial score (nSPS) is 11.8. The topological polar surface area (TPSA) is 42.4 Å². The number of oxazole rings is 1. The zero-order valence-electron chi connectivity index (χ0n) is 25.6. The fourth-order valence-corrected chi connectivity index (χ4v) is 8.00. The van der Waals surface area contributed by atoms with Crippen LogP contribution in [0, 0.1) is 0 Å². The molecule has 0 saturated carbocycles. The van der Waals surface area contributed by atoms with Gasteiger partial charge in [0.2, 0.25) is 5.89 Å². The number of furan rings is 1. The van der Waals surface area contributed by atoms with E-state index in [0.717, 1.165) is 55.6 Å². The van der Waals surface area contributed by atoms with E-state index in [1.165, 1.54) is 25.7 Å². The van der Waals surface area contributed by atoms with Crippen LogP contribution in [0.25, 0.3) is 75.8 Å². The lowest BCUT2D eigenvalue weighted by molar-refractivity contribution is 0.617. The maximum atomic E-state index is 6.51. The Morgan fingerprint density at radius 2 is 1.10 bits per heavy atom. The molecule has 0 saturated heterocycles. The van der Waals surface area contributed by atoms with Crippen molar-refractivity contribution in [3.8, 4) is 22.6 Å². The van der Waals surface area contributed by atoms with E-state index in [-0.39, 0.29) is 0 Å². The summed E-state index contributed by atoms with van der Waals surface area (Å²) in [7, 11) is 0. The smallest absolute Gasteiger partial charge is 0.227 e. The summed E-state index contributed by atoms with van der Waals surface area (Å²) in [5, 5.41) is 4.55. The summed E-state index contributed by atoms with van der Waals surface area (Å²) in [5.41, 5.74) is 9.25. The molecule has 0 amide bonds. The van der Waals surface area contributed by atoms with Crippen LogP contribution in [0.1, 0.15) is 0 Å². The van der Waals surface area contributed by atoms with Gasteiger partial charge in [0.05, 0.1) is 11.1 Å². The number of nitrogens with zero attached hydrogens (tertiary/aromatic N) is 2. The molecule has 10 aromatic rings. The van der Waals surface area contributed by atoms with Gasteiger partial charge in [-0.2, -0.15) is 0 Å². The molecule has 5 heteroatoms. The molecule has 3 aromatic heterocycles. The molecule has 0 aliphatic rings. The first-order valence-electron chi connectivity index (χ1n) is 16.0. The molecule has 226 valence electrons. The quantitative estimate of drug-likeness (QED) is 0.189. The summed E-state index contributed by atoms with van der Waals surface area (Å²) in [6.07, 6.45) is 0. The van der Waals surface area contributed by atoms with Gasteiger partial charge in [0, 0.05) is 48.6 Å². The molecule has 0 aliphatic heterocycles. The van der Waals surface area contributed by atoms with Crippen molar-refractivity contribution in [2.75, 3.05) is 4.90 Å². The first-order chi connectivity index (χ1) is 23.8. The maximum absolute atomic E-state index is 6.51. The van der Waals surface area contributed by atoms with Gasteiger partial charge in [-0.25, -0.2) is 4.98 Å². The molecule has 7 aromatic carbocycles. The van der Waals surface area contributed by atoms with Crippen LogP contribution in [-0.2, 0) is 0 Å². The van der Waals surface area contributed by atoms with E-state index in [1.807, 2.05) is 65.9 Å². The molecule has 0 unspecified atom stereocenters. The Kier molecular flexibility index (Phi) is 6.01. The van der Waals surface area contributed by atoms with E-state index >= 15 is 0 Å². The average Bonchev–Trinajstić information content (AvgIpc) is 3.85. The third-order valence-electron chi connectivity index (χ3n) is 9.10. The predicted molar refractivity (Wildman–Crippen MR) is 200 cm³/mol. The molecule has 0 N–H and O–H groups in total. The molecule has 4 nitrogen and oxygen atoms in total. The van der Waals surface area contributed by atoms with E-state index in [4.69, 9.17) is 13.8 Å². The summed E-state index contributed by atoms with van der Waals surface area (Å²) in [5.74, 6) is 0.572. The van der Waals surface area contributed by atoms with E-state index in [2.05, 4.69) is 108 Å². The van der Waals surface area contributed by atoms with Gasteiger partial charge in [-0.05, 0) is 59.7 Å². The molecule has 0 fully saturated rings. The number of anilines is 3. The van der Waals surface area contributed by atoms with E-state index in [1.54, 1.807) is 0 Å². The van der Waals surface area contributed by atoms with Crippen molar-refractivity contribution in [3.05, 3.63) is 158 Å². The van der Waals surface area contributed by atoms with Crippen molar-refractivity contribution in [3.63, 3.8) is 0 Å². The Morgan fingerprint density at radius 1 is 0.458 bits per heavy atom. The predicted octanol–water partition coefficient (Wildman–Crippen LogP) is 12.9. The number of para-hydroxylation sites is 1. The first kappa shape index (κ1) is 27.0. The summed E-state index contributed by atoms with van der Waals surface area (Å²) >= 11 is 1.82. The fourth-order valence-electron chi connectivity index (χ4n) is 6.86. The van der Waals surface area contributed by atoms with Gasteiger partial charge in [-0.15, -0.1) is 11.3 Å². The minimum Gasteiger partial charge on any atom is -0.456 e. The molecule has 0 bridgehead atoms. The van der Waals surface area contributed by atoms with Gasteiger partial charge < -0.3 is 13.7 Å². The van der Waals surface area contributed by atoms with Crippen LogP contribution in [0.4, 0.5) is 17.1 Å². The highest BCUT2D eigenvalue weighted by molar-refractivity contribution is 7.25. The minimum absolute atomic E-state index is 0.572. The lowest BCUT2D eigenvalue weighted by atomic mass is 10.0. The number of hydrogen-bond acceptors (Lipinski definition) is 5. The average molecular weight is 635 g/mol. The highest BCUT2D eigenvalue weighted by Crippen LogP contribution is 2.49. The van der Waals surface area contributed by atoms with Gasteiger partial charge in [-0.1, -0.05) is 103 Å². The summed E-state index contributed by atoms with van der Waals surface area (Å²) < 4.78 is 15.5. The van der Waals surface area contributed by atoms with Crippen molar-refractivity contribution < 1.29 is 8.83 Å². The van der Waals surface area contributed by atoms with Crippen LogP contribution in [0.15, 0.2) is 167 Å². The summed E-state index contributed by atoms with van der Waals surface area (Å²) in [4.78, 5) is 7.53. The van der Waals surface area contributed by atoms with E-state index < -0.39 is 0 Å². The van der Waals surface area contributed by atoms with Crippen molar-refractivity contribution in [2.45, 2.75) is 0 Å². The zero-order valence-corrected chi connectivity index (χ0v) is 26.4. The van der Waals surface area contributed by atoms with Crippen LogP contribution < -0.4 is 4.90 Å². The molecule has 10 rings (SSSR count). The standard InChI is InChI=1S/C43H26N2O2S/c1-3-11-27(12-4-1)28-19-21-30(22-20-28)45(31-23-24-33-32-15-8-10-18-38(32)48-39(33)25-31)42-40-34-16-7-9-17-35(34)46-36(40)26-37-41(42)44-43(47-37)29-13-5-2-6-14-29/h1-26H. The molecule has 3 heterocycles. The molecule has 0 radical (unpaired) electrons. The number of benzene rings is 7. The molecule has 0 spiro atoms. The second kappa shape index (κ2) is 10.7. The van der Waals surface area contributed by atoms with Crippen LogP contribution in [0.5, 0.6) is 0 Å². The lowest BCUT2D eigenvalue weighted by Gasteiger charge is -2.26. The number of fused-ring (bicyclic) bond motifs is 7. The lowest BCUT2D eigenvalue weighted by Crippen LogP contribution is -2.11. The SMILES string of the molecule is c1ccc(-c2ccc(N(c3ccc4c(c3)sc3ccccc34)c3c4nc(-c5ccccc5)oc4cc4oc5ccccc5c34)cc2)cc1. The van der Waals surface area contributed by atoms with Gasteiger partial charge in [0.1, 0.15) is 16.7 Å². The Labute approximate surface area is 279 Å². The van der Waals surface area contributed by atoms with E-state index in [9.17, 15) is 0 Å². The molecule has 0 aliphatic carbocycles.